The molecule has 0 fully saturated rings. The number of thiocarbonyl (C=S) groups is 1. The molecule has 0 aliphatic rings. The first kappa shape index (κ1) is 18.1. The van der Waals surface area contributed by atoms with Crippen molar-refractivity contribution < 1.29 is 19.1 Å². The van der Waals surface area contributed by atoms with Crippen LogP contribution < -0.4 is 25.6 Å². The van der Waals surface area contributed by atoms with Crippen molar-refractivity contribution in [2.24, 2.45) is 0 Å². The van der Waals surface area contributed by atoms with Crippen LogP contribution in [0, 0.1) is 0 Å². The molecule has 0 bridgehead atoms. The summed E-state index contributed by atoms with van der Waals surface area (Å²) in [5.74, 6) is -0.292. The molecule has 0 aliphatic heterocycles. The Labute approximate surface area is 149 Å². The van der Waals surface area contributed by atoms with Crippen LogP contribution in [0.1, 0.15) is 20.7 Å². The van der Waals surface area contributed by atoms with Gasteiger partial charge in [-0.1, -0.05) is 6.07 Å². The summed E-state index contributed by atoms with van der Waals surface area (Å²) in [5, 5.41) is 2.36. The van der Waals surface area contributed by atoms with E-state index in [2.05, 4.69) is 21.2 Å². The molecule has 25 heavy (non-hydrogen) atoms. The van der Waals surface area contributed by atoms with E-state index < -0.39 is 11.8 Å². The second kappa shape index (κ2) is 8.60. The van der Waals surface area contributed by atoms with Gasteiger partial charge in [0.05, 0.1) is 14.2 Å². The SMILES string of the molecule is COc1cccc(OC)c1C(=O)NC(=S)NNC(=O)c1ccncc1. The molecule has 0 spiro atoms. The number of carbonyl (C=O) groups excluding carboxylic acids is 2. The first-order chi connectivity index (χ1) is 12.1. The number of carbonyl (C=O) groups is 2. The fourth-order valence-corrected chi connectivity index (χ4v) is 2.10. The standard InChI is InChI=1S/C16H16N4O4S/c1-23-11-4-3-5-12(24-2)13(11)15(22)18-16(25)20-19-14(21)10-6-8-17-9-7-10/h3-9H,1-2H3,(H,19,21)(H2,18,20,22,25). The predicted octanol–water partition coefficient (Wildman–Crippen LogP) is 1.05. The number of pyridine rings is 1. The Hall–Kier alpha value is -3.20. The van der Waals surface area contributed by atoms with Gasteiger partial charge in [0.2, 0.25) is 0 Å². The molecule has 2 amide bonds. The number of hydrazine groups is 1. The van der Waals surface area contributed by atoms with Crippen LogP contribution in [0.4, 0.5) is 0 Å². The van der Waals surface area contributed by atoms with Gasteiger partial charge >= 0.3 is 0 Å². The second-order valence-corrected chi connectivity index (χ2v) is 5.04. The van der Waals surface area contributed by atoms with Crippen molar-refractivity contribution in [3.63, 3.8) is 0 Å². The van der Waals surface area contributed by atoms with E-state index in [0.717, 1.165) is 0 Å². The number of ether oxygens (including phenoxy) is 2. The smallest absolute Gasteiger partial charge is 0.269 e. The lowest BCUT2D eigenvalue weighted by Gasteiger charge is -2.14. The molecule has 1 aromatic heterocycles. The van der Waals surface area contributed by atoms with Crippen molar-refractivity contribution >= 4 is 29.1 Å². The van der Waals surface area contributed by atoms with E-state index in [-0.39, 0.29) is 10.7 Å². The monoisotopic (exact) mass is 360 g/mol. The lowest BCUT2D eigenvalue weighted by molar-refractivity contribution is 0.0933. The third-order valence-corrected chi connectivity index (χ3v) is 3.32. The third kappa shape index (κ3) is 4.64. The van der Waals surface area contributed by atoms with Crippen molar-refractivity contribution in [2.45, 2.75) is 0 Å². The zero-order valence-electron chi connectivity index (χ0n) is 13.5. The fraction of sp³-hybridized carbons (Fsp3) is 0.125. The Morgan fingerprint density at radius 1 is 0.960 bits per heavy atom. The number of rotatable bonds is 4. The average Bonchev–Trinajstić information content (AvgIpc) is 2.65. The molecule has 1 heterocycles. The van der Waals surface area contributed by atoms with Gasteiger partial charge in [0.1, 0.15) is 17.1 Å². The highest BCUT2D eigenvalue weighted by Crippen LogP contribution is 2.27. The van der Waals surface area contributed by atoms with Crippen molar-refractivity contribution in [1.82, 2.24) is 21.2 Å². The van der Waals surface area contributed by atoms with Gasteiger partial charge in [-0.05, 0) is 36.5 Å². The molecule has 0 unspecified atom stereocenters. The molecule has 9 heteroatoms. The van der Waals surface area contributed by atoms with Crippen molar-refractivity contribution in [1.29, 1.82) is 0 Å². The molecule has 0 saturated carbocycles. The minimum absolute atomic E-state index is 0.0830. The molecular formula is C16H16N4O4S. The number of methoxy groups -OCH3 is 2. The maximum atomic E-state index is 12.4. The van der Waals surface area contributed by atoms with Gasteiger partial charge in [0.25, 0.3) is 11.8 Å². The first-order valence-electron chi connectivity index (χ1n) is 7.09. The molecule has 0 aliphatic carbocycles. The summed E-state index contributed by atoms with van der Waals surface area (Å²) < 4.78 is 10.3. The van der Waals surface area contributed by atoms with E-state index in [4.69, 9.17) is 21.7 Å². The quantitative estimate of drug-likeness (QED) is 0.553. The van der Waals surface area contributed by atoms with E-state index in [1.807, 2.05) is 0 Å². The molecular weight excluding hydrogens is 344 g/mol. The normalized spacial score (nSPS) is 9.68. The van der Waals surface area contributed by atoms with Crippen LogP contribution in [-0.4, -0.2) is 36.1 Å². The maximum absolute atomic E-state index is 12.4. The van der Waals surface area contributed by atoms with Crippen LogP contribution in [0.3, 0.4) is 0 Å². The molecule has 8 nitrogen and oxygen atoms in total. The first-order valence-corrected chi connectivity index (χ1v) is 7.50. The molecule has 0 radical (unpaired) electrons. The number of amides is 2. The molecule has 3 N–H and O–H groups in total. The van der Waals surface area contributed by atoms with Crippen molar-refractivity contribution in [2.75, 3.05) is 14.2 Å². The highest BCUT2D eigenvalue weighted by molar-refractivity contribution is 7.80. The molecule has 2 aromatic rings. The third-order valence-electron chi connectivity index (χ3n) is 3.11. The Bertz CT molecular complexity index is 761. The van der Waals surface area contributed by atoms with Gasteiger partial charge in [-0.3, -0.25) is 30.7 Å². The van der Waals surface area contributed by atoms with Gasteiger partial charge in [-0.15, -0.1) is 0 Å². The lowest BCUT2D eigenvalue weighted by Crippen LogP contribution is -2.48. The van der Waals surface area contributed by atoms with Gasteiger partial charge in [-0.25, -0.2) is 0 Å². The minimum Gasteiger partial charge on any atom is -0.496 e. The molecule has 130 valence electrons. The van der Waals surface area contributed by atoms with E-state index in [9.17, 15) is 9.59 Å². The minimum atomic E-state index is -0.537. The van der Waals surface area contributed by atoms with Gasteiger partial charge in [0.15, 0.2) is 5.11 Å². The molecule has 0 atom stereocenters. The number of benzene rings is 1. The topological polar surface area (TPSA) is 102 Å². The molecule has 2 rings (SSSR count). The number of hydrogen-bond donors (Lipinski definition) is 3. The summed E-state index contributed by atoms with van der Waals surface area (Å²) in [5.41, 5.74) is 5.42. The fourth-order valence-electron chi connectivity index (χ4n) is 1.96. The zero-order valence-corrected chi connectivity index (χ0v) is 14.3. The van der Waals surface area contributed by atoms with Crippen LogP contribution in [0.25, 0.3) is 0 Å². The Balaban J connectivity index is 1.99. The summed E-state index contributed by atoms with van der Waals surface area (Å²) in [6.45, 7) is 0. The summed E-state index contributed by atoms with van der Waals surface area (Å²) in [6.07, 6.45) is 2.98. The number of nitrogens with one attached hydrogen (secondary N) is 3. The summed E-state index contributed by atoms with van der Waals surface area (Å²) >= 11 is 5.01. The largest absolute Gasteiger partial charge is 0.496 e. The summed E-state index contributed by atoms with van der Waals surface area (Å²) in [7, 11) is 2.88. The van der Waals surface area contributed by atoms with Crippen LogP contribution in [-0.2, 0) is 0 Å². The highest BCUT2D eigenvalue weighted by Gasteiger charge is 2.19. The van der Waals surface area contributed by atoms with Gasteiger partial charge in [0, 0.05) is 18.0 Å². The number of hydrogen-bond acceptors (Lipinski definition) is 6. The highest BCUT2D eigenvalue weighted by atomic mass is 32.1. The zero-order chi connectivity index (χ0) is 18.2. The second-order valence-electron chi connectivity index (χ2n) is 4.64. The van der Waals surface area contributed by atoms with Crippen molar-refractivity contribution in [3.05, 3.63) is 53.9 Å². The number of nitrogens with zero attached hydrogens (tertiary/aromatic N) is 1. The predicted molar refractivity (Wildman–Crippen MR) is 94.4 cm³/mol. The average molecular weight is 360 g/mol. The van der Waals surface area contributed by atoms with Crippen molar-refractivity contribution in [3.8, 4) is 11.5 Å². The Kier molecular flexibility index (Phi) is 6.24. The summed E-state index contributed by atoms with van der Waals surface area (Å²) in [4.78, 5) is 28.1. The van der Waals surface area contributed by atoms with E-state index in [0.29, 0.717) is 17.1 Å². The van der Waals surface area contributed by atoms with E-state index in [1.165, 1.54) is 26.6 Å². The lowest BCUT2D eigenvalue weighted by atomic mass is 10.1. The molecule has 1 aromatic carbocycles. The summed E-state index contributed by atoms with van der Waals surface area (Å²) in [6, 6.07) is 8.02. The Morgan fingerprint density at radius 2 is 1.56 bits per heavy atom. The van der Waals surface area contributed by atoms with E-state index >= 15 is 0 Å². The van der Waals surface area contributed by atoms with E-state index in [1.54, 1.807) is 30.3 Å². The molecule has 0 saturated heterocycles. The van der Waals surface area contributed by atoms with Gasteiger partial charge < -0.3 is 9.47 Å². The number of aromatic nitrogens is 1. The van der Waals surface area contributed by atoms with Crippen LogP contribution in [0.5, 0.6) is 11.5 Å². The Morgan fingerprint density at radius 3 is 2.12 bits per heavy atom. The van der Waals surface area contributed by atoms with Crippen LogP contribution in [0.15, 0.2) is 42.7 Å². The maximum Gasteiger partial charge on any atom is 0.269 e. The van der Waals surface area contributed by atoms with Gasteiger partial charge in [-0.2, -0.15) is 0 Å². The van der Waals surface area contributed by atoms with Crippen LogP contribution >= 0.6 is 12.2 Å². The van der Waals surface area contributed by atoms with Crippen LogP contribution in [0.2, 0.25) is 0 Å².